The zero-order chi connectivity index (χ0) is 17.9. The van der Waals surface area contributed by atoms with Crippen LogP contribution in [0, 0.1) is 13.8 Å². The number of hydrogen-bond donors (Lipinski definition) is 2. The van der Waals surface area contributed by atoms with Crippen LogP contribution in [0.15, 0.2) is 38.6 Å². The smallest absolute Gasteiger partial charge is 0.282 e. The van der Waals surface area contributed by atoms with Gasteiger partial charge in [0.05, 0.1) is 16.8 Å². The molecule has 0 bridgehead atoms. The number of halogens is 1. The average molecular weight is 415 g/mol. The average Bonchev–Trinajstić information content (AvgIpc) is 2.53. The topological polar surface area (TPSA) is 93.1 Å². The SMILES string of the molecule is Cc1ccc(C)c(S(=O)(=O)NCCNc2cnn(C)c(=O)c2Br)c1. The van der Waals surface area contributed by atoms with E-state index >= 15 is 0 Å². The second-order valence-electron chi connectivity index (χ2n) is 5.39. The van der Waals surface area contributed by atoms with Crippen molar-refractivity contribution in [1.29, 1.82) is 0 Å². The fraction of sp³-hybridized carbons (Fsp3) is 0.333. The number of nitrogens with zero attached hydrogens (tertiary/aromatic N) is 2. The first-order valence-corrected chi connectivity index (χ1v) is 9.52. The monoisotopic (exact) mass is 414 g/mol. The maximum Gasteiger partial charge on any atom is 0.282 e. The Morgan fingerprint density at radius 2 is 1.96 bits per heavy atom. The van der Waals surface area contributed by atoms with Crippen molar-refractivity contribution in [3.8, 4) is 0 Å². The van der Waals surface area contributed by atoms with Gasteiger partial charge in [-0.2, -0.15) is 5.10 Å². The van der Waals surface area contributed by atoms with Crippen LogP contribution in [0.1, 0.15) is 11.1 Å². The minimum atomic E-state index is -3.58. The number of anilines is 1. The Labute approximate surface area is 149 Å². The first kappa shape index (κ1) is 18.6. The maximum atomic E-state index is 12.4. The van der Waals surface area contributed by atoms with E-state index in [1.807, 2.05) is 13.0 Å². The lowest BCUT2D eigenvalue weighted by Gasteiger charge is -2.12. The highest BCUT2D eigenvalue weighted by atomic mass is 79.9. The lowest BCUT2D eigenvalue weighted by atomic mass is 10.2. The standard InChI is InChI=1S/C15H19BrN4O3S/c1-10-4-5-11(2)13(8-10)24(22,23)19-7-6-17-12-9-18-20(3)15(21)14(12)16/h4-5,8-9,17,19H,6-7H2,1-3H3. The van der Waals surface area contributed by atoms with Crippen LogP contribution in [0.4, 0.5) is 5.69 Å². The highest BCUT2D eigenvalue weighted by Gasteiger charge is 2.16. The molecular weight excluding hydrogens is 396 g/mol. The molecule has 0 amide bonds. The van der Waals surface area contributed by atoms with Crippen molar-refractivity contribution in [3.63, 3.8) is 0 Å². The molecule has 0 aliphatic rings. The summed E-state index contributed by atoms with van der Waals surface area (Å²) in [5, 5.41) is 6.89. The quantitative estimate of drug-likeness (QED) is 0.699. The summed E-state index contributed by atoms with van der Waals surface area (Å²) in [6.07, 6.45) is 1.50. The molecule has 130 valence electrons. The maximum absolute atomic E-state index is 12.4. The van der Waals surface area contributed by atoms with Crippen molar-refractivity contribution in [3.05, 3.63) is 50.3 Å². The predicted molar refractivity (Wildman–Crippen MR) is 96.8 cm³/mol. The molecule has 0 unspecified atom stereocenters. The third kappa shape index (κ3) is 4.22. The molecule has 0 fully saturated rings. The Morgan fingerprint density at radius 3 is 2.67 bits per heavy atom. The Balaban J connectivity index is 2.00. The molecule has 1 heterocycles. The molecule has 2 rings (SSSR count). The Kier molecular flexibility index (Phi) is 5.79. The molecule has 2 N–H and O–H groups in total. The number of nitrogens with one attached hydrogen (secondary N) is 2. The first-order valence-electron chi connectivity index (χ1n) is 7.25. The number of aryl methyl sites for hydroxylation is 3. The van der Waals surface area contributed by atoms with Crippen LogP contribution < -0.4 is 15.6 Å². The van der Waals surface area contributed by atoms with Crippen LogP contribution in [-0.2, 0) is 17.1 Å². The van der Waals surface area contributed by atoms with Crippen molar-refractivity contribution in [2.45, 2.75) is 18.7 Å². The van der Waals surface area contributed by atoms with Gasteiger partial charge in [0.25, 0.3) is 5.56 Å². The van der Waals surface area contributed by atoms with Crippen LogP contribution in [0.25, 0.3) is 0 Å². The van der Waals surface area contributed by atoms with Crippen LogP contribution in [0.5, 0.6) is 0 Å². The fourth-order valence-corrected chi connectivity index (χ4v) is 3.95. The number of hydrogen-bond acceptors (Lipinski definition) is 5. The third-order valence-corrected chi connectivity index (χ3v) is 5.81. The molecule has 9 heteroatoms. The van der Waals surface area contributed by atoms with Gasteiger partial charge in [-0.3, -0.25) is 4.79 Å². The van der Waals surface area contributed by atoms with E-state index in [2.05, 4.69) is 31.1 Å². The molecule has 0 aliphatic carbocycles. The summed E-state index contributed by atoms with van der Waals surface area (Å²) in [5.41, 5.74) is 1.83. The molecule has 1 aromatic carbocycles. The lowest BCUT2D eigenvalue weighted by molar-refractivity contribution is 0.582. The third-order valence-electron chi connectivity index (χ3n) is 3.44. The van der Waals surface area contributed by atoms with Gasteiger partial charge in [0, 0.05) is 20.1 Å². The summed E-state index contributed by atoms with van der Waals surface area (Å²) in [6, 6.07) is 5.30. The molecule has 24 heavy (non-hydrogen) atoms. The predicted octanol–water partition coefficient (Wildman–Crippen LogP) is 1.55. The fourth-order valence-electron chi connectivity index (χ4n) is 2.09. The van der Waals surface area contributed by atoms with Gasteiger partial charge in [-0.15, -0.1) is 0 Å². The van der Waals surface area contributed by atoms with E-state index in [9.17, 15) is 13.2 Å². The molecular formula is C15H19BrN4O3S. The number of sulfonamides is 1. The number of rotatable bonds is 6. The van der Waals surface area contributed by atoms with Gasteiger partial charge in [-0.1, -0.05) is 12.1 Å². The largest absolute Gasteiger partial charge is 0.381 e. The Morgan fingerprint density at radius 1 is 1.25 bits per heavy atom. The van der Waals surface area contributed by atoms with E-state index in [1.165, 1.54) is 10.9 Å². The van der Waals surface area contributed by atoms with E-state index in [1.54, 1.807) is 26.1 Å². The summed E-state index contributed by atoms with van der Waals surface area (Å²) in [5.74, 6) is 0. The van der Waals surface area contributed by atoms with Gasteiger partial charge in [0.2, 0.25) is 10.0 Å². The summed E-state index contributed by atoms with van der Waals surface area (Å²) >= 11 is 3.20. The molecule has 0 radical (unpaired) electrons. The van der Waals surface area contributed by atoms with Crippen molar-refractivity contribution < 1.29 is 8.42 Å². The normalized spacial score (nSPS) is 11.5. The highest BCUT2D eigenvalue weighted by molar-refractivity contribution is 9.10. The van der Waals surface area contributed by atoms with Gasteiger partial charge >= 0.3 is 0 Å². The zero-order valence-electron chi connectivity index (χ0n) is 13.6. The second-order valence-corrected chi connectivity index (χ2v) is 7.92. The van der Waals surface area contributed by atoms with Crippen molar-refractivity contribution in [1.82, 2.24) is 14.5 Å². The number of aromatic nitrogens is 2. The van der Waals surface area contributed by atoms with Crippen LogP contribution in [0.3, 0.4) is 0 Å². The van der Waals surface area contributed by atoms with Crippen LogP contribution in [0.2, 0.25) is 0 Å². The minimum Gasteiger partial charge on any atom is -0.381 e. The Bertz CT molecular complexity index is 909. The first-order chi connectivity index (χ1) is 11.2. The molecule has 0 spiro atoms. The van der Waals surface area contributed by atoms with Gasteiger partial charge < -0.3 is 5.32 Å². The summed E-state index contributed by atoms with van der Waals surface area (Å²) < 4.78 is 28.9. The zero-order valence-corrected chi connectivity index (χ0v) is 16.0. The molecule has 0 saturated heterocycles. The lowest BCUT2D eigenvalue weighted by Crippen LogP contribution is -2.30. The summed E-state index contributed by atoms with van der Waals surface area (Å²) in [7, 11) is -2.03. The summed E-state index contributed by atoms with van der Waals surface area (Å²) in [6.45, 7) is 4.10. The molecule has 1 aromatic heterocycles. The van der Waals surface area contributed by atoms with Crippen LogP contribution >= 0.6 is 15.9 Å². The molecule has 0 atom stereocenters. The van der Waals surface area contributed by atoms with E-state index in [0.717, 1.165) is 5.56 Å². The van der Waals surface area contributed by atoms with E-state index < -0.39 is 10.0 Å². The van der Waals surface area contributed by atoms with E-state index in [-0.39, 0.29) is 17.0 Å². The van der Waals surface area contributed by atoms with Gasteiger partial charge in [0.1, 0.15) is 4.47 Å². The molecule has 0 saturated carbocycles. The molecule has 2 aromatic rings. The summed E-state index contributed by atoms with van der Waals surface area (Å²) in [4.78, 5) is 12.0. The van der Waals surface area contributed by atoms with Gasteiger partial charge in [-0.25, -0.2) is 17.8 Å². The molecule has 7 nitrogen and oxygen atoms in total. The Hall–Kier alpha value is -1.71. The van der Waals surface area contributed by atoms with Crippen LogP contribution in [-0.4, -0.2) is 31.3 Å². The second kappa shape index (κ2) is 7.45. The molecule has 0 aliphatic heterocycles. The number of benzene rings is 1. The van der Waals surface area contributed by atoms with Crippen molar-refractivity contribution in [2.75, 3.05) is 18.4 Å². The van der Waals surface area contributed by atoms with Gasteiger partial charge in [0.15, 0.2) is 0 Å². The van der Waals surface area contributed by atoms with Crippen molar-refractivity contribution in [2.24, 2.45) is 7.05 Å². The van der Waals surface area contributed by atoms with E-state index in [0.29, 0.717) is 22.3 Å². The highest BCUT2D eigenvalue weighted by Crippen LogP contribution is 2.17. The van der Waals surface area contributed by atoms with Crippen molar-refractivity contribution >= 4 is 31.6 Å². The van der Waals surface area contributed by atoms with Gasteiger partial charge in [-0.05, 0) is 47.0 Å². The van der Waals surface area contributed by atoms with E-state index in [4.69, 9.17) is 0 Å². The minimum absolute atomic E-state index is 0.178.